The molecule has 0 saturated heterocycles. The summed E-state index contributed by atoms with van der Waals surface area (Å²) in [4.78, 5) is 11.7. The highest BCUT2D eigenvalue weighted by Crippen LogP contribution is 2.35. The SMILES string of the molecule is Nc1cc(-c2ccc(Cl)c(Cl)c2)sc1C(=O)O. The van der Waals surface area contributed by atoms with E-state index in [4.69, 9.17) is 34.0 Å². The molecule has 17 heavy (non-hydrogen) atoms. The fraction of sp³-hybridized carbons (Fsp3) is 0. The van der Waals surface area contributed by atoms with E-state index in [2.05, 4.69) is 0 Å². The predicted octanol–water partition coefficient (Wildman–Crippen LogP) is 4.00. The van der Waals surface area contributed by atoms with Gasteiger partial charge in [0.15, 0.2) is 0 Å². The lowest BCUT2D eigenvalue weighted by Gasteiger charge is -1.99. The summed E-state index contributed by atoms with van der Waals surface area (Å²) in [6.45, 7) is 0. The highest BCUT2D eigenvalue weighted by atomic mass is 35.5. The molecule has 0 radical (unpaired) electrons. The summed E-state index contributed by atoms with van der Waals surface area (Å²) in [6, 6.07) is 6.73. The molecule has 3 N–H and O–H groups in total. The smallest absolute Gasteiger partial charge is 0.348 e. The van der Waals surface area contributed by atoms with E-state index in [9.17, 15) is 4.79 Å². The lowest BCUT2D eigenvalue weighted by molar-refractivity contribution is 0.0703. The summed E-state index contributed by atoms with van der Waals surface area (Å²) in [6.07, 6.45) is 0. The molecular formula is C11H7Cl2NO2S. The Labute approximate surface area is 111 Å². The molecule has 0 aliphatic carbocycles. The van der Waals surface area contributed by atoms with Crippen LogP contribution in [0.15, 0.2) is 24.3 Å². The lowest BCUT2D eigenvalue weighted by Crippen LogP contribution is -1.96. The molecule has 0 bridgehead atoms. The fourth-order valence-electron chi connectivity index (χ4n) is 1.36. The van der Waals surface area contributed by atoms with Crippen molar-refractivity contribution >= 4 is 46.2 Å². The number of anilines is 1. The summed E-state index contributed by atoms with van der Waals surface area (Å²) in [5.41, 5.74) is 6.67. The van der Waals surface area contributed by atoms with E-state index in [1.807, 2.05) is 0 Å². The van der Waals surface area contributed by atoms with Gasteiger partial charge in [-0.05, 0) is 23.8 Å². The van der Waals surface area contributed by atoms with E-state index < -0.39 is 5.97 Å². The molecule has 0 fully saturated rings. The maximum Gasteiger partial charge on any atom is 0.348 e. The first-order valence-electron chi connectivity index (χ1n) is 4.57. The topological polar surface area (TPSA) is 63.3 Å². The molecule has 0 atom stereocenters. The second kappa shape index (κ2) is 4.56. The number of thiophene rings is 1. The van der Waals surface area contributed by atoms with Crippen molar-refractivity contribution in [1.82, 2.24) is 0 Å². The Balaban J connectivity index is 2.50. The second-order valence-electron chi connectivity index (χ2n) is 3.33. The summed E-state index contributed by atoms with van der Waals surface area (Å²) in [5.74, 6) is -1.03. The van der Waals surface area contributed by atoms with E-state index in [1.54, 1.807) is 24.3 Å². The number of halogens is 2. The van der Waals surface area contributed by atoms with Crippen LogP contribution < -0.4 is 5.73 Å². The van der Waals surface area contributed by atoms with Gasteiger partial charge in [-0.3, -0.25) is 0 Å². The summed E-state index contributed by atoms with van der Waals surface area (Å²) < 4.78 is 0. The minimum atomic E-state index is -1.03. The van der Waals surface area contributed by atoms with Crippen LogP contribution >= 0.6 is 34.5 Å². The number of nitrogen functional groups attached to an aromatic ring is 1. The van der Waals surface area contributed by atoms with E-state index in [0.29, 0.717) is 10.0 Å². The first-order chi connectivity index (χ1) is 7.99. The first-order valence-corrected chi connectivity index (χ1v) is 6.14. The third-order valence-electron chi connectivity index (χ3n) is 2.16. The highest BCUT2D eigenvalue weighted by molar-refractivity contribution is 7.17. The molecule has 2 rings (SSSR count). The Kier molecular flexibility index (Phi) is 3.28. The zero-order valence-corrected chi connectivity index (χ0v) is 10.7. The number of nitrogens with two attached hydrogens (primary N) is 1. The van der Waals surface area contributed by atoms with Crippen LogP contribution in [0.2, 0.25) is 10.0 Å². The Bertz CT molecular complexity index is 595. The predicted molar refractivity (Wildman–Crippen MR) is 71.1 cm³/mol. The molecule has 6 heteroatoms. The van der Waals surface area contributed by atoms with Gasteiger partial charge in [-0.25, -0.2) is 4.79 Å². The van der Waals surface area contributed by atoms with Gasteiger partial charge in [0.05, 0.1) is 15.7 Å². The van der Waals surface area contributed by atoms with Crippen LogP contribution in [0.1, 0.15) is 9.67 Å². The molecule has 2 aromatic rings. The molecule has 0 aliphatic heterocycles. The summed E-state index contributed by atoms with van der Waals surface area (Å²) in [5, 5.41) is 9.79. The van der Waals surface area contributed by atoms with Gasteiger partial charge in [-0.1, -0.05) is 29.3 Å². The van der Waals surface area contributed by atoms with Crippen molar-refractivity contribution in [1.29, 1.82) is 0 Å². The normalized spacial score (nSPS) is 10.5. The summed E-state index contributed by atoms with van der Waals surface area (Å²) in [7, 11) is 0. The van der Waals surface area contributed by atoms with Crippen LogP contribution in [0.4, 0.5) is 5.69 Å². The van der Waals surface area contributed by atoms with Gasteiger partial charge >= 0.3 is 5.97 Å². The molecule has 0 unspecified atom stereocenters. The van der Waals surface area contributed by atoms with Gasteiger partial charge in [0.25, 0.3) is 0 Å². The molecule has 3 nitrogen and oxygen atoms in total. The van der Waals surface area contributed by atoms with Crippen molar-refractivity contribution in [3.8, 4) is 10.4 Å². The number of hydrogen-bond donors (Lipinski definition) is 2. The van der Waals surface area contributed by atoms with Crippen LogP contribution in [0.3, 0.4) is 0 Å². The van der Waals surface area contributed by atoms with Crippen molar-refractivity contribution in [2.24, 2.45) is 0 Å². The largest absolute Gasteiger partial charge is 0.477 e. The molecule has 0 spiro atoms. The monoisotopic (exact) mass is 287 g/mol. The standard InChI is InChI=1S/C11H7Cl2NO2S/c12-6-2-1-5(3-7(6)13)9-4-8(14)10(17-9)11(15)16/h1-4H,14H2,(H,15,16). The number of carboxylic acids is 1. The third kappa shape index (κ3) is 2.39. The van der Waals surface area contributed by atoms with E-state index in [1.165, 1.54) is 0 Å². The average molecular weight is 288 g/mol. The van der Waals surface area contributed by atoms with Gasteiger partial charge in [0.1, 0.15) is 4.88 Å². The number of rotatable bonds is 2. The van der Waals surface area contributed by atoms with Crippen molar-refractivity contribution in [2.75, 3.05) is 5.73 Å². The fourth-order valence-corrected chi connectivity index (χ4v) is 2.58. The van der Waals surface area contributed by atoms with Crippen LogP contribution in [-0.2, 0) is 0 Å². The molecule has 0 aliphatic rings. The molecule has 0 amide bonds. The molecule has 1 aromatic carbocycles. The number of carboxylic acid groups (broad SMARTS) is 1. The van der Waals surface area contributed by atoms with E-state index in [-0.39, 0.29) is 10.6 Å². The Morgan fingerprint density at radius 2 is 1.94 bits per heavy atom. The zero-order valence-electron chi connectivity index (χ0n) is 8.41. The van der Waals surface area contributed by atoms with Gasteiger partial charge in [0, 0.05) is 4.88 Å². The van der Waals surface area contributed by atoms with Crippen molar-refractivity contribution in [2.45, 2.75) is 0 Å². The first kappa shape index (κ1) is 12.2. The Morgan fingerprint density at radius 1 is 1.24 bits per heavy atom. The Hall–Kier alpha value is -1.23. The van der Waals surface area contributed by atoms with E-state index in [0.717, 1.165) is 21.8 Å². The number of benzene rings is 1. The second-order valence-corrected chi connectivity index (χ2v) is 5.20. The number of aromatic carboxylic acids is 1. The summed E-state index contributed by atoms with van der Waals surface area (Å²) >= 11 is 12.8. The van der Waals surface area contributed by atoms with Crippen LogP contribution in [-0.4, -0.2) is 11.1 Å². The number of carbonyl (C=O) groups is 1. The average Bonchev–Trinajstić information content (AvgIpc) is 2.64. The lowest BCUT2D eigenvalue weighted by atomic mass is 10.2. The van der Waals surface area contributed by atoms with Gasteiger partial charge < -0.3 is 10.8 Å². The third-order valence-corrected chi connectivity index (χ3v) is 4.09. The number of hydrogen-bond acceptors (Lipinski definition) is 3. The van der Waals surface area contributed by atoms with Crippen molar-refractivity contribution < 1.29 is 9.90 Å². The van der Waals surface area contributed by atoms with Gasteiger partial charge in [-0.15, -0.1) is 11.3 Å². The minimum Gasteiger partial charge on any atom is -0.477 e. The highest BCUT2D eigenvalue weighted by Gasteiger charge is 2.14. The van der Waals surface area contributed by atoms with Crippen LogP contribution in [0.25, 0.3) is 10.4 Å². The van der Waals surface area contributed by atoms with Gasteiger partial charge in [0.2, 0.25) is 0 Å². The maximum atomic E-state index is 10.9. The molecular weight excluding hydrogens is 281 g/mol. The molecule has 1 heterocycles. The van der Waals surface area contributed by atoms with Crippen LogP contribution in [0.5, 0.6) is 0 Å². The van der Waals surface area contributed by atoms with E-state index >= 15 is 0 Å². The Morgan fingerprint density at radius 3 is 2.47 bits per heavy atom. The molecule has 88 valence electrons. The minimum absolute atomic E-state index is 0.131. The maximum absolute atomic E-state index is 10.9. The quantitative estimate of drug-likeness (QED) is 0.877. The molecule has 1 aromatic heterocycles. The van der Waals surface area contributed by atoms with Crippen molar-refractivity contribution in [3.05, 3.63) is 39.2 Å². The van der Waals surface area contributed by atoms with Crippen LogP contribution in [0, 0.1) is 0 Å². The van der Waals surface area contributed by atoms with Gasteiger partial charge in [-0.2, -0.15) is 0 Å². The molecule has 0 saturated carbocycles. The zero-order chi connectivity index (χ0) is 12.6. The van der Waals surface area contributed by atoms with Crippen molar-refractivity contribution in [3.63, 3.8) is 0 Å².